The molecule has 4 rings (SSSR count). The number of rotatable bonds is 6. The zero-order valence-electron chi connectivity index (χ0n) is 14.3. The number of nitrogens with zero attached hydrogens (tertiary/aromatic N) is 6. The van der Waals surface area contributed by atoms with Gasteiger partial charge in [0.2, 0.25) is 0 Å². The number of carbonyl (C=O) groups excluding carboxylic acids is 1. The molecular formula is C16H21N7O2. The van der Waals surface area contributed by atoms with Crippen LogP contribution in [0.25, 0.3) is 0 Å². The zero-order chi connectivity index (χ0) is 17.4. The lowest BCUT2D eigenvalue weighted by Gasteiger charge is -2.42. The SMILES string of the molecule is COc1cnc(C(C)N2CC(NC(=O)c3cn(C4CC4)nn3)C2)nc1. The molecule has 1 atom stereocenters. The fraction of sp³-hybridized carbons (Fsp3) is 0.562. The maximum atomic E-state index is 12.2. The molecule has 2 aromatic heterocycles. The van der Waals surface area contributed by atoms with Crippen molar-refractivity contribution in [2.24, 2.45) is 0 Å². The predicted octanol–water partition coefficient (Wildman–Crippen LogP) is 0.587. The summed E-state index contributed by atoms with van der Waals surface area (Å²) in [7, 11) is 1.59. The molecule has 0 bridgehead atoms. The minimum atomic E-state index is -0.162. The van der Waals surface area contributed by atoms with Crippen LogP contribution in [0, 0.1) is 0 Å². The van der Waals surface area contributed by atoms with Crippen molar-refractivity contribution in [1.82, 2.24) is 35.2 Å². The third-order valence-electron chi connectivity index (χ3n) is 4.71. The molecule has 1 saturated carbocycles. The maximum Gasteiger partial charge on any atom is 0.273 e. The van der Waals surface area contributed by atoms with Gasteiger partial charge in [0.25, 0.3) is 5.91 Å². The minimum absolute atomic E-state index is 0.0924. The van der Waals surface area contributed by atoms with E-state index in [1.807, 2.05) is 0 Å². The topological polar surface area (TPSA) is 98.1 Å². The van der Waals surface area contributed by atoms with E-state index in [4.69, 9.17) is 4.74 Å². The number of likely N-dealkylation sites (tertiary alicyclic amines) is 1. The highest BCUT2D eigenvalue weighted by atomic mass is 16.5. The van der Waals surface area contributed by atoms with Gasteiger partial charge in [-0.2, -0.15) is 0 Å². The van der Waals surface area contributed by atoms with Gasteiger partial charge in [0.15, 0.2) is 11.4 Å². The van der Waals surface area contributed by atoms with E-state index < -0.39 is 0 Å². The Morgan fingerprint density at radius 1 is 1.32 bits per heavy atom. The monoisotopic (exact) mass is 343 g/mol. The number of amides is 1. The Labute approximate surface area is 145 Å². The predicted molar refractivity (Wildman–Crippen MR) is 88.1 cm³/mol. The summed E-state index contributed by atoms with van der Waals surface area (Å²) < 4.78 is 6.86. The molecule has 132 valence electrons. The highest BCUT2D eigenvalue weighted by molar-refractivity contribution is 5.92. The van der Waals surface area contributed by atoms with Crippen molar-refractivity contribution in [1.29, 1.82) is 0 Å². The fourth-order valence-corrected chi connectivity index (χ4v) is 2.89. The van der Waals surface area contributed by atoms with Crippen LogP contribution in [0.3, 0.4) is 0 Å². The molecule has 2 fully saturated rings. The van der Waals surface area contributed by atoms with Gasteiger partial charge in [-0.3, -0.25) is 9.69 Å². The molecule has 0 aromatic carbocycles. The lowest BCUT2D eigenvalue weighted by atomic mass is 10.1. The summed E-state index contributed by atoms with van der Waals surface area (Å²) >= 11 is 0. The van der Waals surface area contributed by atoms with Gasteiger partial charge >= 0.3 is 0 Å². The third-order valence-corrected chi connectivity index (χ3v) is 4.71. The summed E-state index contributed by atoms with van der Waals surface area (Å²) in [6.45, 7) is 3.58. The summed E-state index contributed by atoms with van der Waals surface area (Å²) in [4.78, 5) is 23.1. The van der Waals surface area contributed by atoms with Crippen LogP contribution in [-0.2, 0) is 0 Å². The van der Waals surface area contributed by atoms with E-state index in [1.54, 1.807) is 30.4 Å². The Morgan fingerprint density at radius 3 is 2.68 bits per heavy atom. The molecule has 25 heavy (non-hydrogen) atoms. The van der Waals surface area contributed by atoms with E-state index in [0.717, 1.165) is 31.8 Å². The van der Waals surface area contributed by atoms with Gasteiger partial charge in [-0.15, -0.1) is 5.10 Å². The first kappa shape index (κ1) is 15.9. The minimum Gasteiger partial charge on any atom is -0.494 e. The van der Waals surface area contributed by atoms with Gasteiger partial charge in [-0.05, 0) is 19.8 Å². The van der Waals surface area contributed by atoms with Gasteiger partial charge in [0.1, 0.15) is 5.82 Å². The smallest absolute Gasteiger partial charge is 0.273 e. The van der Waals surface area contributed by atoms with Crippen molar-refractivity contribution in [2.75, 3.05) is 20.2 Å². The van der Waals surface area contributed by atoms with E-state index in [1.165, 1.54) is 0 Å². The first-order valence-corrected chi connectivity index (χ1v) is 8.46. The lowest BCUT2D eigenvalue weighted by molar-refractivity contribution is 0.0652. The molecule has 1 N–H and O–H groups in total. The molecule has 2 aliphatic rings. The molecular weight excluding hydrogens is 322 g/mol. The highest BCUT2D eigenvalue weighted by Crippen LogP contribution is 2.33. The molecule has 2 aromatic rings. The molecule has 0 radical (unpaired) electrons. The Hall–Kier alpha value is -2.55. The second-order valence-electron chi connectivity index (χ2n) is 6.60. The number of hydrogen-bond acceptors (Lipinski definition) is 7. The summed E-state index contributed by atoms with van der Waals surface area (Å²) in [6, 6.07) is 0.632. The molecule has 3 heterocycles. The van der Waals surface area contributed by atoms with Crippen LogP contribution in [0.1, 0.15) is 48.2 Å². The molecule has 9 heteroatoms. The van der Waals surface area contributed by atoms with Gasteiger partial charge in [0, 0.05) is 13.1 Å². The maximum absolute atomic E-state index is 12.2. The number of nitrogens with one attached hydrogen (secondary N) is 1. The second kappa shape index (κ2) is 6.40. The van der Waals surface area contributed by atoms with E-state index in [2.05, 4.69) is 37.4 Å². The summed E-state index contributed by atoms with van der Waals surface area (Å²) in [5, 5.41) is 11.0. The highest BCUT2D eigenvalue weighted by Gasteiger charge is 2.34. The summed E-state index contributed by atoms with van der Waals surface area (Å²) in [5.74, 6) is 1.23. The zero-order valence-corrected chi connectivity index (χ0v) is 14.3. The Morgan fingerprint density at radius 2 is 2.04 bits per heavy atom. The number of hydrogen-bond donors (Lipinski definition) is 1. The van der Waals surface area contributed by atoms with Crippen molar-refractivity contribution in [3.8, 4) is 5.75 Å². The van der Waals surface area contributed by atoms with Crippen molar-refractivity contribution >= 4 is 5.91 Å². The van der Waals surface area contributed by atoms with Crippen LogP contribution in [0.15, 0.2) is 18.6 Å². The van der Waals surface area contributed by atoms with Gasteiger partial charge in [-0.1, -0.05) is 5.21 Å². The Kier molecular flexibility index (Phi) is 4.08. The molecule has 1 aliphatic heterocycles. The van der Waals surface area contributed by atoms with E-state index in [0.29, 0.717) is 17.5 Å². The van der Waals surface area contributed by atoms with Crippen molar-refractivity contribution in [3.63, 3.8) is 0 Å². The third kappa shape index (κ3) is 3.32. The number of methoxy groups -OCH3 is 1. The van der Waals surface area contributed by atoms with Crippen LogP contribution in [-0.4, -0.2) is 62.0 Å². The van der Waals surface area contributed by atoms with Crippen LogP contribution in [0.2, 0.25) is 0 Å². The normalized spacial score (nSPS) is 19.3. The molecule has 9 nitrogen and oxygen atoms in total. The molecule has 1 amide bonds. The van der Waals surface area contributed by atoms with Crippen molar-refractivity contribution < 1.29 is 9.53 Å². The van der Waals surface area contributed by atoms with Gasteiger partial charge in [0.05, 0.1) is 43.8 Å². The largest absolute Gasteiger partial charge is 0.494 e. The van der Waals surface area contributed by atoms with Crippen LogP contribution < -0.4 is 10.1 Å². The van der Waals surface area contributed by atoms with Crippen molar-refractivity contribution in [2.45, 2.75) is 37.9 Å². The van der Waals surface area contributed by atoms with Crippen LogP contribution >= 0.6 is 0 Å². The first-order chi connectivity index (χ1) is 12.1. The average Bonchev–Trinajstić information content (AvgIpc) is 3.34. The van der Waals surface area contributed by atoms with E-state index in [-0.39, 0.29) is 18.0 Å². The van der Waals surface area contributed by atoms with Crippen LogP contribution in [0.5, 0.6) is 5.75 Å². The Bertz CT molecular complexity index is 750. The Balaban J connectivity index is 1.28. The summed E-state index contributed by atoms with van der Waals surface area (Å²) in [6.07, 6.45) is 7.31. The number of aromatic nitrogens is 5. The van der Waals surface area contributed by atoms with Gasteiger partial charge < -0.3 is 10.1 Å². The van der Waals surface area contributed by atoms with E-state index in [9.17, 15) is 4.79 Å². The molecule has 1 saturated heterocycles. The average molecular weight is 343 g/mol. The number of carbonyl (C=O) groups is 1. The van der Waals surface area contributed by atoms with Crippen LogP contribution in [0.4, 0.5) is 0 Å². The first-order valence-electron chi connectivity index (χ1n) is 8.46. The van der Waals surface area contributed by atoms with Crippen molar-refractivity contribution in [3.05, 3.63) is 30.1 Å². The fourth-order valence-electron chi connectivity index (χ4n) is 2.89. The standard InChI is InChI=1S/C16H21N7O2/c1-10(15-17-5-13(25-2)6-18-15)22-7-11(8-22)19-16(24)14-9-23(21-20-14)12-3-4-12/h5-6,9-12H,3-4,7-8H2,1-2H3,(H,19,24). The molecule has 1 unspecified atom stereocenters. The van der Waals surface area contributed by atoms with E-state index >= 15 is 0 Å². The second-order valence-corrected chi connectivity index (χ2v) is 6.60. The quantitative estimate of drug-likeness (QED) is 0.819. The summed E-state index contributed by atoms with van der Waals surface area (Å²) in [5.41, 5.74) is 0.386. The number of ether oxygens (including phenoxy) is 1. The molecule has 1 aliphatic carbocycles. The van der Waals surface area contributed by atoms with Gasteiger partial charge in [-0.25, -0.2) is 14.6 Å². The lowest BCUT2D eigenvalue weighted by Crippen LogP contribution is -2.59. The molecule has 0 spiro atoms.